The van der Waals surface area contributed by atoms with Crippen molar-refractivity contribution in [3.63, 3.8) is 0 Å². The summed E-state index contributed by atoms with van der Waals surface area (Å²) < 4.78 is 57.0. The Hall–Kier alpha value is -2.55. The molecule has 5 rings (SSSR count). The molecule has 13 heteroatoms. The molecular formula is C20H14F4IN5O2S. The minimum atomic E-state index is -4.67. The number of fused-ring (bicyclic) bond motifs is 2. The Morgan fingerprint density at radius 1 is 1.30 bits per heavy atom. The van der Waals surface area contributed by atoms with E-state index in [4.69, 9.17) is 0 Å². The van der Waals surface area contributed by atoms with Crippen LogP contribution in [0.4, 0.5) is 22.7 Å². The van der Waals surface area contributed by atoms with Crippen LogP contribution >= 0.6 is 33.9 Å². The van der Waals surface area contributed by atoms with E-state index in [1.165, 1.54) is 18.6 Å². The summed E-state index contributed by atoms with van der Waals surface area (Å²) in [7, 11) is 0. The van der Waals surface area contributed by atoms with Crippen LogP contribution in [-0.4, -0.2) is 37.4 Å². The van der Waals surface area contributed by atoms with Crippen molar-refractivity contribution < 1.29 is 27.2 Å². The summed E-state index contributed by atoms with van der Waals surface area (Å²) in [4.78, 5) is 35.9. The minimum absolute atomic E-state index is 0.00293. The van der Waals surface area contributed by atoms with Crippen molar-refractivity contribution in [2.24, 2.45) is 0 Å². The van der Waals surface area contributed by atoms with Crippen LogP contribution < -0.4 is 5.32 Å². The van der Waals surface area contributed by atoms with Crippen LogP contribution in [0.5, 0.6) is 0 Å². The lowest BCUT2D eigenvalue weighted by Gasteiger charge is -2.26. The van der Waals surface area contributed by atoms with Gasteiger partial charge in [-0.25, -0.2) is 14.4 Å². The Morgan fingerprint density at radius 3 is 2.79 bits per heavy atom. The van der Waals surface area contributed by atoms with Crippen LogP contribution in [0.3, 0.4) is 0 Å². The van der Waals surface area contributed by atoms with Crippen LogP contribution in [0.25, 0.3) is 0 Å². The molecule has 3 aromatic rings. The number of hydrogen-bond acceptors (Lipinski definition) is 5. The van der Waals surface area contributed by atoms with Gasteiger partial charge in [-0.3, -0.25) is 14.9 Å². The largest absolute Gasteiger partial charge is 0.416 e. The number of imidazole rings is 1. The molecule has 1 N–H and O–H groups in total. The topological polar surface area (TPSA) is 80.1 Å². The number of nitrogens with zero attached hydrogens (tertiary/aromatic N) is 4. The van der Waals surface area contributed by atoms with Gasteiger partial charge in [-0.1, -0.05) is 0 Å². The summed E-state index contributed by atoms with van der Waals surface area (Å²) in [5.74, 6) is -1.40. The number of anilines is 1. The molecular weight excluding hydrogens is 577 g/mol. The first kappa shape index (κ1) is 22.3. The Kier molecular flexibility index (Phi) is 5.42. The van der Waals surface area contributed by atoms with Crippen molar-refractivity contribution >= 4 is 50.9 Å². The van der Waals surface area contributed by atoms with Gasteiger partial charge in [0, 0.05) is 39.4 Å². The van der Waals surface area contributed by atoms with Crippen molar-refractivity contribution in [1.29, 1.82) is 0 Å². The molecule has 7 nitrogen and oxygen atoms in total. The molecule has 1 unspecified atom stereocenters. The lowest BCUT2D eigenvalue weighted by molar-refractivity contribution is -0.138. The highest BCUT2D eigenvalue weighted by Gasteiger charge is 2.45. The van der Waals surface area contributed by atoms with Crippen LogP contribution in [-0.2, 0) is 30.5 Å². The average molecular weight is 591 g/mol. The molecule has 2 aromatic heterocycles. The highest BCUT2D eigenvalue weighted by molar-refractivity contribution is 14.1. The van der Waals surface area contributed by atoms with Crippen molar-refractivity contribution in [1.82, 2.24) is 19.4 Å². The van der Waals surface area contributed by atoms with Crippen LogP contribution in [0, 0.1) is 3.57 Å². The fraction of sp³-hybridized carbons (Fsp3) is 0.300. The zero-order valence-electron chi connectivity index (χ0n) is 16.6. The second kappa shape index (κ2) is 8.04. The Morgan fingerprint density at radius 2 is 2.09 bits per heavy atom. The van der Waals surface area contributed by atoms with Crippen molar-refractivity contribution in [2.75, 3.05) is 5.32 Å². The molecule has 4 heterocycles. The van der Waals surface area contributed by atoms with Gasteiger partial charge in [0.05, 0.1) is 24.1 Å². The van der Waals surface area contributed by atoms with Crippen LogP contribution in [0.15, 0.2) is 30.0 Å². The summed E-state index contributed by atoms with van der Waals surface area (Å²) in [5.41, 5.74) is -0.636. The number of amides is 2. The van der Waals surface area contributed by atoms with Crippen LogP contribution in [0.2, 0.25) is 0 Å². The van der Waals surface area contributed by atoms with E-state index in [9.17, 15) is 27.2 Å². The zero-order valence-corrected chi connectivity index (χ0v) is 19.5. The van der Waals surface area contributed by atoms with E-state index in [1.807, 2.05) is 0 Å². The lowest BCUT2D eigenvalue weighted by atomic mass is 10.0. The first-order valence-electron chi connectivity index (χ1n) is 9.72. The Labute approximate surface area is 202 Å². The summed E-state index contributed by atoms with van der Waals surface area (Å²) in [6, 6.07) is 0.996. The maximum Gasteiger partial charge on any atom is 0.416 e. The van der Waals surface area contributed by atoms with E-state index < -0.39 is 42.3 Å². The maximum atomic E-state index is 14.0. The third-order valence-corrected chi connectivity index (χ3v) is 6.92. The molecule has 0 spiro atoms. The first-order chi connectivity index (χ1) is 15.6. The number of halogens is 5. The summed E-state index contributed by atoms with van der Waals surface area (Å²) in [6.45, 7) is -0.366. The molecule has 0 saturated carbocycles. The molecule has 0 fully saturated rings. The van der Waals surface area contributed by atoms with Crippen molar-refractivity contribution in [2.45, 2.75) is 37.9 Å². The fourth-order valence-corrected chi connectivity index (χ4v) is 5.40. The minimum Gasteiger partial charge on any atom is -0.331 e. The molecule has 2 amide bonds. The highest BCUT2D eigenvalue weighted by atomic mass is 127. The smallest absolute Gasteiger partial charge is 0.331 e. The number of rotatable bonds is 4. The van der Waals surface area contributed by atoms with E-state index >= 15 is 0 Å². The van der Waals surface area contributed by atoms with Crippen LogP contribution in [0.1, 0.15) is 38.9 Å². The Bertz CT molecular complexity index is 1260. The van der Waals surface area contributed by atoms with Gasteiger partial charge in [0.2, 0.25) is 0 Å². The van der Waals surface area contributed by atoms with Crippen molar-refractivity contribution in [3.05, 3.63) is 61.7 Å². The SMILES string of the molecule is O=C(Nc1nccs1)C(c1ncn2c1C[C@@H](F)C2)N1Cc2c(cc(I)cc2C(F)(F)F)C1=O. The van der Waals surface area contributed by atoms with Crippen molar-refractivity contribution in [3.8, 4) is 0 Å². The quantitative estimate of drug-likeness (QED) is 0.365. The molecule has 0 saturated heterocycles. The van der Waals surface area contributed by atoms with E-state index in [0.717, 1.165) is 22.3 Å². The second-order valence-corrected chi connectivity index (χ2v) is 9.81. The van der Waals surface area contributed by atoms with E-state index in [2.05, 4.69) is 15.3 Å². The molecule has 2 atom stereocenters. The Balaban J connectivity index is 1.59. The van der Waals surface area contributed by atoms with Gasteiger partial charge in [-0.05, 0) is 40.3 Å². The molecule has 172 valence electrons. The zero-order chi connectivity index (χ0) is 23.5. The number of carbonyl (C=O) groups excluding carboxylic acids is 2. The van der Waals surface area contributed by atoms with Gasteiger partial charge >= 0.3 is 6.18 Å². The average Bonchev–Trinajstić information content (AvgIpc) is 3.49. The summed E-state index contributed by atoms with van der Waals surface area (Å²) in [5, 5.41) is 4.50. The summed E-state index contributed by atoms with van der Waals surface area (Å²) >= 11 is 2.87. The fourth-order valence-electron chi connectivity index (χ4n) is 4.25. The van der Waals surface area contributed by atoms with Gasteiger partial charge in [-0.2, -0.15) is 13.2 Å². The lowest BCUT2D eigenvalue weighted by Crippen LogP contribution is -2.38. The molecule has 33 heavy (non-hydrogen) atoms. The number of thiazole rings is 1. The maximum absolute atomic E-state index is 14.0. The number of hydrogen-bond donors (Lipinski definition) is 1. The molecule has 0 aliphatic carbocycles. The van der Waals surface area contributed by atoms with Gasteiger partial charge in [0.25, 0.3) is 11.8 Å². The predicted molar refractivity (Wildman–Crippen MR) is 118 cm³/mol. The third kappa shape index (κ3) is 3.90. The second-order valence-electron chi connectivity index (χ2n) is 7.67. The van der Waals surface area contributed by atoms with Gasteiger partial charge in [0.1, 0.15) is 6.17 Å². The van der Waals surface area contributed by atoms with E-state index in [0.29, 0.717) is 5.69 Å². The normalized spacial score (nSPS) is 18.4. The monoisotopic (exact) mass is 591 g/mol. The number of nitrogens with one attached hydrogen (secondary N) is 1. The van der Waals surface area contributed by atoms with Gasteiger partial charge in [0.15, 0.2) is 11.2 Å². The third-order valence-electron chi connectivity index (χ3n) is 5.61. The summed E-state index contributed by atoms with van der Waals surface area (Å²) in [6.07, 6.45) is -2.99. The molecule has 0 bridgehead atoms. The molecule has 0 radical (unpaired) electrons. The number of benzene rings is 1. The number of alkyl halides is 4. The van der Waals surface area contributed by atoms with Gasteiger partial charge in [-0.15, -0.1) is 11.3 Å². The molecule has 2 aliphatic rings. The highest BCUT2D eigenvalue weighted by Crippen LogP contribution is 2.41. The predicted octanol–water partition coefficient (Wildman–Crippen LogP) is 4.19. The molecule has 2 aliphatic heterocycles. The number of carbonyl (C=O) groups is 2. The standard InChI is InChI=1S/C20H14F4IN5O2S/c21-9-3-14-15(27-8-29(14)6-9)16(17(31)28-19-26-1-2-33-19)30-7-12-11(18(30)32)4-10(25)5-13(12)20(22,23)24/h1-2,4-5,8-9,16H,3,6-7H2,(H,26,28,31)/t9-,16?/m1/s1. The first-order valence-corrected chi connectivity index (χ1v) is 11.7. The molecule has 1 aromatic carbocycles. The van der Waals surface area contributed by atoms with E-state index in [1.54, 1.807) is 32.5 Å². The van der Waals surface area contributed by atoms with Gasteiger partial charge < -0.3 is 9.47 Å². The van der Waals surface area contributed by atoms with E-state index in [-0.39, 0.29) is 38.5 Å². The number of aromatic nitrogens is 3.